The van der Waals surface area contributed by atoms with Gasteiger partial charge in [-0.05, 0) is 29.8 Å². The number of hydrogen-bond donors (Lipinski definition) is 3. The number of benzene rings is 3. The molecule has 8 heteroatoms. The van der Waals surface area contributed by atoms with E-state index in [9.17, 15) is 9.90 Å². The fraction of sp³-hybridized carbons (Fsp3) is 0.192. The van der Waals surface area contributed by atoms with Crippen LogP contribution in [-0.4, -0.2) is 29.2 Å². The summed E-state index contributed by atoms with van der Waals surface area (Å²) < 4.78 is 11.6. The molecule has 0 spiro atoms. The molecule has 3 aromatic carbocycles. The number of aromatic nitrogens is 1. The average Bonchev–Trinajstić information content (AvgIpc) is 3.24. The summed E-state index contributed by atoms with van der Waals surface area (Å²) in [6, 6.07) is 17.8. The smallest absolute Gasteiger partial charge is 0.321 e. The topological polar surface area (TPSA) is 83.6 Å². The number of carbonyl (C=O) groups is 1. The monoisotopic (exact) mass is 498 g/mol. The van der Waals surface area contributed by atoms with Crippen molar-refractivity contribution < 1.29 is 19.4 Å². The molecule has 176 valence electrons. The lowest BCUT2D eigenvalue weighted by atomic mass is 10.0. The standard InChI is InChI=1S/C26H24Cl2N2O4/c1-33-24-11-4-6-16(25(24)34-15-19-20(27)8-5-9-21(19)28)13-30-23(26(31)32)12-17-14-29-22-10-3-2-7-18(17)22/h2-11,14,23,29-30H,12-13,15H2,1H3,(H,31,32). The fourth-order valence-corrected chi connectivity index (χ4v) is 4.35. The predicted octanol–water partition coefficient (Wildman–Crippen LogP) is 5.85. The molecular formula is C26H24Cl2N2O4. The second-order valence-corrected chi connectivity index (χ2v) is 8.59. The number of para-hydroxylation sites is 2. The quantitative estimate of drug-likeness (QED) is 0.255. The summed E-state index contributed by atoms with van der Waals surface area (Å²) in [4.78, 5) is 15.2. The highest BCUT2D eigenvalue weighted by Crippen LogP contribution is 2.34. The van der Waals surface area contributed by atoms with Crippen LogP contribution in [0.4, 0.5) is 0 Å². The van der Waals surface area contributed by atoms with E-state index in [0.29, 0.717) is 33.5 Å². The summed E-state index contributed by atoms with van der Waals surface area (Å²) in [5, 5.41) is 15.0. The van der Waals surface area contributed by atoms with E-state index in [-0.39, 0.29) is 13.2 Å². The Morgan fingerprint density at radius 1 is 1.03 bits per heavy atom. The van der Waals surface area contributed by atoms with Gasteiger partial charge in [-0.15, -0.1) is 0 Å². The number of aliphatic carboxylic acids is 1. The highest BCUT2D eigenvalue weighted by atomic mass is 35.5. The summed E-state index contributed by atoms with van der Waals surface area (Å²) in [6.45, 7) is 0.408. The van der Waals surface area contributed by atoms with Crippen LogP contribution < -0.4 is 14.8 Å². The van der Waals surface area contributed by atoms with Crippen LogP contribution in [0.15, 0.2) is 66.9 Å². The molecule has 1 unspecified atom stereocenters. The lowest BCUT2D eigenvalue weighted by Crippen LogP contribution is -2.38. The molecule has 0 amide bonds. The Labute approximate surface area is 207 Å². The lowest BCUT2D eigenvalue weighted by molar-refractivity contribution is -0.139. The molecule has 34 heavy (non-hydrogen) atoms. The normalized spacial score (nSPS) is 12.0. The number of H-pyrrole nitrogens is 1. The van der Waals surface area contributed by atoms with Crippen LogP contribution in [-0.2, 0) is 24.4 Å². The first-order valence-corrected chi connectivity index (χ1v) is 11.5. The second kappa shape index (κ2) is 10.8. The van der Waals surface area contributed by atoms with E-state index in [1.54, 1.807) is 31.4 Å². The van der Waals surface area contributed by atoms with Crippen molar-refractivity contribution in [3.63, 3.8) is 0 Å². The highest BCUT2D eigenvalue weighted by molar-refractivity contribution is 6.35. The zero-order chi connectivity index (χ0) is 24.1. The van der Waals surface area contributed by atoms with Gasteiger partial charge < -0.3 is 19.6 Å². The number of halogens is 2. The number of rotatable bonds is 10. The molecule has 1 aromatic heterocycles. The molecule has 0 aliphatic carbocycles. The SMILES string of the molecule is COc1cccc(CNC(Cc2c[nH]c3ccccc23)C(=O)O)c1OCc1c(Cl)cccc1Cl. The van der Waals surface area contributed by atoms with Crippen molar-refractivity contribution in [2.75, 3.05) is 7.11 Å². The number of aromatic amines is 1. The maximum atomic E-state index is 12.0. The maximum Gasteiger partial charge on any atom is 0.321 e. The second-order valence-electron chi connectivity index (χ2n) is 7.77. The number of carboxylic acid groups (broad SMARTS) is 1. The van der Waals surface area contributed by atoms with Gasteiger partial charge in [0.05, 0.1) is 7.11 Å². The Morgan fingerprint density at radius 3 is 2.50 bits per heavy atom. The number of nitrogens with one attached hydrogen (secondary N) is 2. The van der Waals surface area contributed by atoms with Crippen molar-refractivity contribution in [2.24, 2.45) is 0 Å². The van der Waals surface area contributed by atoms with Crippen LogP contribution in [0.1, 0.15) is 16.7 Å². The molecule has 0 radical (unpaired) electrons. The zero-order valence-electron chi connectivity index (χ0n) is 18.5. The van der Waals surface area contributed by atoms with Crippen molar-refractivity contribution in [1.82, 2.24) is 10.3 Å². The minimum absolute atomic E-state index is 0.142. The number of hydrogen-bond acceptors (Lipinski definition) is 4. The van der Waals surface area contributed by atoms with E-state index >= 15 is 0 Å². The van der Waals surface area contributed by atoms with E-state index in [0.717, 1.165) is 22.0 Å². The molecule has 0 aliphatic heterocycles. The molecule has 4 rings (SSSR count). The Morgan fingerprint density at radius 2 is 1.76 bits per heavy atom. The molecule has 3 N–H and O–H groups in total. The van der Waals surface area contributed by atoms with Gasteiger partial charge in [-0.2, -0.15) is 0 Å². The maximum absolute atomic E-state index is 12.0. The average molecular weight is 499 g/mol. The number of carboxylic acids is 1. The molecule has 4 aromatic rings. The third kappa shape index (κ3) is 5.30. The summed E-state index contributed by atoms with van der Waals surface area (Å²) in [7, 11) is 1.55. The van der Waals surface area contributed by atoms with E-state index in [1.807, 2.05) is 42.6 Å². The van der Waals surface area contributed by atoms with Gasteiger partial charge in [0.15, 0.2) is 11.5 Å². The largest absolute Gasteiger partial charge is 0.493 e. The van der Waals surface area contributed by atoms with Crippen molar-refractivity contribution in [3.05, 3.63) is 93.6 Å². The molecule has 6 nitrogen and oxygen atoms in total. The molecule has 0 bridgehead atoms. The minimum atomic E-state index is -0.932. The van der Waals surface area contributed by atoms with Gasteiger partial charge in [-0.3, -0.25) is 10.1 Å². The molecule has 0 saturated carbocycles. The molecular weight excluding hydrogens is 475 g/mol. The summed E-state index contributed by atoms with van der Waals surface area (Å²) in [5.41, 5.74) is 3.33. The third-order valence-electron chi connectivity index (χ3n) is 5.64. The van der Waals surface area contributed by atoms with E-state index < -0.39 is 12.0 Å². The van der Waals surface area contributed by atoms with Gasteiger partial charge >= 0.3 is 5.97 Å². The number of methoxy groups -OCH3 is 1. The molecule has 0 saturated heterocycles. The van der Waals surface area contributed by atoms with Gasteiger partial charge in [-0.1, -0.05) is 59.6 Å². The van der Waals surface area contributed by atoms with Gasteiger partial charge in [0.2, 0.25) is 0 Å². The van der Waals surface area contributed by atoms with Crippen LogP contribution in [0.5, 0.6) is 11.5 Å². The van der Waals surface area contributed by atoms with E-state index in [1.165, 1.54) is 0 Å². The summed E-state index contributed by atoms with van der Waals surface area (Å²) in [6.07, 6.45) is 2.18. The van der Waals surface area contributed by atoms with Crippen molar-refractivity contribution in [3.8, 4) is 11.5 Å². The van der Waals surface area contributed by atoms with Crippen LogP contribution in [0, 0.1) is 0 Å². The predicted molar refractivity (Wildman–Crippen MR) is 134 cm³/mol. The summed E-state index contributed by atoms with van der Waals surface area (Å²) in [5.74, 6) is 0.106. The number of fused-ring (bicyclic) bond motifs is 1. The first-order chi connectivity index (χ1) is 16.5. The van der Waals surface area contributed by atoms with Crippen molar-refractivity contribution in [1.29, 1.82) is 0 Å². The van der Waals surface area contributed by atoms with Crippen LogP contribution in [0.3, 0.4) is 0 Å². The highest BCUT2D eigenvalue weighted by Gasteiger charge is 2.21. The van der Waals surface area contributed by atoms with Crippen LogP contribution in [0.25, 0.3) is 10.9 Å². The zero-order valence-corrected chi connectivity index (χ0v) is 20.0. The van der Waals surface area contributed by atoms with Gasteiger partial charge in [0.25, 0.3) is 0 Å². The van der Waals surface area contributed by atoms with Crippen LogP contribution >= 0.6 is 23.2 Å². The fourth-order valence-electron chi connectivity index (χ4n) is 3.84. The molecule has 1 heterocycles. The Hall–Kier alpha value is -3.19. The Balaban J connectivity index is 1.52. The van der Waals surface area contributed by atoms with Gasteiger partial charge in [0.1, 0.15) is 12.6 Å². The minimum Gasteiger partial charge on any atom is -0.493 e. The number of ether oxygens (including phenoxy) is 2. The first-order valence-electron chi connectivity index (χ1n) is 10.7. The molecule has 1 atom stereocenters. The molecule has 0 fully saturated rings. The van der Waals surface area contributed by atoms with Crippen molar-refractivity contribution in [2.45, 2.75) is 25.6 Å². The van der Waals surface area contributed by atoms with Gasteiger partial charge in [-0.25, -0.2) is 0 Å². The Kier molecular flexibility index (Phi) is 7.63. The van der Waals surface area contributed by atoms with E-state index in [4.69, 9.17) is 32.7 Å². The summed E-state index contributed by atoms with van der Waals surface area (Å²) >= 11 is 12.6. The first kappa shape index (κ1) is 24.0. The Bertz CT molecular complexity index is 1280. The van der Waals surface area contributed by atoms with Crippen molar-refractivity contribution >= 4 is 40.1 Å². The van der Waals surface area contributed by atoms with Crippen LogP contribution in [0.2, 0.25) is 10.0 Å². The third-order valence-corrected chi connectivity index (χ3v) is 6.35. The van der Waals surface area contributed by atoms with E-state index in [2.05, 4.69) is 10.3 Å². The molecule has 0 aliphatic rings. The van der Waals surface area contributed by atoms with Gasteiger partial charge in [0, 0.05) is 51.2 Å². The lowest BCUT2D eigenvalue weighted by Gasteiger charge is -2.19.